The van der Waals surface area contributed by atoms with Gasteiger partial charge in [0.25, 0.3) is 11.8 Å². The van der Waals surface area contributed by atoms with Crippen LogP contribution in [-0.4, -0.2) is 41.7 Å². The predicted molar refractivity (Wildman–Crippen MR) is 100 cm³/mol. The molecular weight excluding hydrogens is 316 g/mol. The molecule has 0 radical (unpaired) electrons. The molecule has 0 fully saturated rings. The summed E-state index contributed by atoms with van der Waals surface area (Å²) in [4.78, 5) is 31.4. The fraction of sp³-hybridized carbons (Fsp3) is 0.526. The van der Waals surface area contributed by atoms with E-state index >= 15 is 0 Å². The van der Waals surface area contributed by atoms with Crippen LogP contribution >= 0.6 is 0 Å². The zero-order valence-corrected chi connectivity index (χ0v) is 15.5. The molecule has 1 N–H and O–H groups in total. The first kappa shape index (κ1) is 19.0. The highest BCUT2D eigenvalue weighted by molar-refractivity contribution is 6.39. The number of aliphatic imine (C=N–C) groups is 1. The number of nitrogens with one attached hydrogen (secondary N) is 1. The topological polar surface area (TPSA) is 65.0 Å². The monoisotopic (exact) mass is 344 g/mol. The molecule has 0 saturated carbocycles. The molecule has 1 heterocycles. The molecule has 0 spiro atoms. The summed E-state index contributed by atoms with van der Waals surface area (Å²) >= 11 is 0. The van der Waals surface area contributed by atoms with E-state index in [1.807, 2.05) is 37.3 Å². The zero-order valence-electron chi connectivity index (χ0n) is 15.5. The maximum Gasteiger partial charge on any atom is 0.290 e. The van der Waals surface area contributed by atoms with Crippen LogP contribution in [0.5, 0.6) is 0 Å². The third-order valence-electron chi connectivity index (χ3n) is 4.64. The number of amides is 2. The van der Waals surface area contributed by atoms with Crippen molar-refractivity contribution in [3.63, 3.8) is 0 Å². The molecule has 25 heavy (non-hydrogen) atoms. The first-order valence-corrected chi connectivity index (χ1v) is 9.04. The molecule has 136 valence electrons. The Labute approximate surface area is 149 Å². The van der Waals surface area contributed by atoms with Crippen LogP contribution in [0, 0.1) is 5.92 Å². The van der Waals surface area contributed by atoms with Crippen LogP contribution in [0.4, 0.5) is 5.69 Å². The summed E-state index contributed by atoms with van der Waals surface area (Å²) in [6, 6.07) is 8.66. The van der Waals surface area contributed by atoms with E-state index in [1.54, 1.807) is 11.8 Å². The first-order chi connectivity index (χ1) is 12.0. The Kier molecular flexibility index (Phi) is 6.56. The van der Waals surface area contributed by atoms with Gasteiger partial charge >= 0.3 is 0 Å². The number of para-hydroxylation sites is 1. The molecule has 2 amide bonds. The Morgan fingerprint density at radius 2 is 1.88 bits per heavy atom. The van der Waals surface area contributed by atoms with Crippen LogP contribution < -0.4 is 10.4 Å². The molecule has 0 saturated heterocycles. The lowest BCUT2D eigenvalue weighted by Crippen LogP contribution is -2.58. The molecule has 1 aromatic carbocycles. The predicted octanol–water partition coefficient (Wildman–Crippen LogP) is 2.61. The van der Waals surface area contributed by atoms with Gasteiger partial charge in [-0.1, -0.05) is 44.9 Å². The SMILES string of the molecule is CCC(CC)CN(CC)C(=O)C1=NC(C)C(=O)N(c2ccccc2)N1. The molecule has 6 nitrogen and oxygen atoms in total. The largest absolute Gasteiger partial charge is 0.336 e. The van der Waals surface area contributed by atoms with Crippen molar-refractivity contribution in [2.75, 3.05) is 18.1 Å². The molecule has 0 aromatic heterocycles. The van der Waals surface area contributed by atoms with Gasteiger partial charge in [-0.15, -0.1) is 0 Å². The van der Waals surface area contributed by atoms with Crippen LogP contribution in [0.15, 0.2) is 35.3 Å². The number of carbonyl (C=O) groups is 2. The van der Waals surface area contributed by atoms with E-state index in [-0.39, 0.29) is 17.6 Å². The van der Waals surface area contributed by atoms with Gasteiger partial charge in [0, 0.05) is 13.1 Å². The van der Waals surface area contributed by atoms with Gasteiger partial charge in [0.05, 0.1) is 5.69 Å². The number of likely N-dealkylation sites (N-methyl/N-ethyl adjacent to an activating group) is 1. The lowest BCUT2D eigenvalue weighted by molar-refractivity contribution is -0.125. The number of anilines is 1. The van der Waals surface area contributed by atoms with Crippen molar-refractivity contribution in [2.24, 2.45) is 10.9 Å². The number of carbonyl (C=O) groups excluding carboxylic acids is 2. The molecule has 6 heteroatoms. The number of hydrazine groups is 1. The van der Waals surface area contributed by atoms with Crippen molar-refractivity contribution in [3.8, 4) is 0 Å². The minimum atomic E-state index is -0.591. The van der Waals surface area contributed by atoms with E-state index in [0.29, 0.717) is 24.7 Å². The quantitative estimate of drug-likeness (QED) is 0.827. The second-order valence-corrected chi connectivity index (χ2v) is 6.30. The summed E-state index contributed by atoms with van der Waals surface area (Å²) < 4.78 is 0. The Balaban J connectivity index is 2.20. The Morgan fingerprint density at radius 1 is 1.24 bits per heavy atom. The van der Waals surface area contributed by atoms with Crippen molar-refractivity contribution < 1.29 is 9.59 Å². The molecule has 0 bridgehead atoms. The van der Waals surface area contributed by atoms with Crippen molar-refractivity contribution in [1.82, 2.24) is 10.3 Å². The van der Waals surface area contributed by atoms with Gasteiger partial charge in [-0.3, -0.25) is 15.0 Å². The molecular formula is C19H28N4O2. The fourth-order valence-electron chi connectivity index (χ4n) is 2.86. The highest BCUT2D eigenvalue weighted by Gasteiger charge is 2.32. The summed E-state index contributed by atoms with van der Waals surface area (Å²) in [5.74, 6) is 0.363. The minimum absolute atomic E-state index is 0.158. The van der Waals surface area contributed by atoms with E-state index in [2.05, 4.69) is 24.3 Å². The summed E-state index contributed by atoms with van der Waals surface area (Å²) in [5.41, 5.74) is 3.61. The number of amidine groups is 1. The molecule has 2 rings (SSSR count). The average molecular weight is 344 g/mol. The van der Waals surface area contributed by atoms with Crippen LogP contribution in [-0.2, 0) is 9.59 Å². The van der Waals surface area contributed by atoms with Gasteiger partial charge in [-0.25, -0.2) is 10.0 Å². The zero-order chi connectivity index (χ0) is 18.4. The number of nitrogens with zero attached hydrogens (tertiary/aromatic N) is 3. The molecule has 1 aliphatic heterocycles. The second kappa shape index (κ2) is 8.65. The van der Waals surface area contributed by atoms with Gasteiger partial charge < -0.3 is 4.90 Å². The third-order valence-corrected chi connectivity index (χ3v) is 4.64. The van der Waals surface area contributed by atoms with Gasteiger partial charge in [-0.2, -0.15) is 0 Å². The van der Waals surface area contributed by atoms with Gasteiger partial charge in [-0.05, 0) is 31.9 Å². The van der Waals surface area contributed by atoms with Crippen molar-refractivity contribution in [3.05, 3.63) is 30.3 Å². The van der Waals surface area contributed by atoms with E-state index < -0.39 is 6.04 Å². The first-order valence-electron chi connectivity index (χ1n) is 9.04. The smallest absolute Gasteiger partial charge is 0.290 e. The summed E-state index contributed by atoms with van der Waals surface area (Å²) in [7, 11) is 0. The van der Waals surface area contributed by atoms with Gasteiger partial charge in [0.2, 0.25) is 5.84 Å². The third kappa shape index (κ3) is 4.38. The highest BCUT2D eigenvalue weighted by atomic mass is 16.2. The molecule has 1 unspecified atom stereocenters. The van der Waals surface area contributed by atoms with Crippen LogP contribution in [0.3, 0.4) is 0 Å². The number of hydrogen-bond acceptors (Lipinski definition) is 4. The number of hydrogen-bond donors (Lipinski definition) is 1. The lowest BCUT2D eigenvalue weighted by Gasteiger charge is -2.33. The molecule has 0 aliphatic carbocycles. The fourth-order valence-corrected chi connectivity index (χ4v) is 2.86. The Bertz CT molecular complexity index is 626. The van der Waals surface area contributed by atoms with Gasteiger partial charge in [0.15, 0.2) is 0 Å². The van der Waals surface area contributed by atoms with Crippen LogP contribution in [0.25, 0.3) is 0 Å². The Morgan fingerprint density at radius 3 is 2.44 bits per heavy atom. The van der Waals surface area contributed by atoms with Gasteiger partial charge in [0.1, 0.15) is 6.04 Å². The summed E-state index contributed by atoms with van der Waals surface area (Å²) in [6.45, 7) is 9.28. The average Bonchev–Trinajstić information content (AvgIpc) is 2.65. The highest BCUT2D eigenvalue weighted by Crippen LogP contribution is 2.17. The summed E-state index contributed by atoms with van der Waals surface area (Å²) in [5, 5.41) is 1.41. The minimum Gasteiger partial charge on any atom is -0.336 e. The van der Waals surface area contributed by atoms with E-state index in [1.165, 1.54) is 5.01 Å². The molecule has 1 aliphatic rings. The number of benzene rings is 1. The lowest BCUT2D eigenvalue weighted by atomic mass is 10.0. The normalized spacial score (nSPS) is 17.3. The van der Waals surface area contributed by atoms with E-state index in [9.17, 15) is 9.59 Å². The summed E-state index contributed by atoms with van der Waals surface area (Å²) in [6.07, 6.45) is 2.07. The Hall–Kier alpha value is -2.37. The van der Waals surface area contributed by atoms with Crippen molar-refractivity contribution in [1.29, 1.82) is 0 Å². The number of rotatable bonds is 7. The standard InChI is InChI=1S/C19H28N4O2/c1-5-15(6-2)13-22(7-3)19(25)17-20-14(4)18(24)23(21-17)16-11-9-8-10-12-16/h8-12,14-15H,5-7,13H2,1-4H3,(H,20,21). The van der Waals surface area contributed by atoms with Crippen LogP contribution in [0.2, 0.25) is 0 Å². The van der Waals surface area contributed by atoms with E-state index in [4.69, 9.17) is 0 Å². The maximum atomic E-state index is 12.9. The molecule has 1 atom stereocenters. The van der Waals surface area contributed by atoms with E-state index in [0.717, 1.165) is 12.8 Å². The maximum absolute atomic E-state index is 12.9. The van der Waals surface area contributed by atoms with Crippen molar-refractivity contribution >= 4 is 23.3 Å². The van der Waals surface area contributed by atoms with Crippen LogP contribution in [0.1, 0.15) is 40.5 Å². The molecule has 1 aromatic rings. The second-order valence-electron chi connectivity index (χ2n) is 6.30. The van der Waals surface area contributed by atoms with Crippen molar-refractivity contribution in [2.45, 2.75) is 46.6 Å².